The van der Waals surface area contributed by atoms with Gasteiger partial charge >= 0.3 is 0 Å². The van der Waals surface area contributed by atoms with E-state index in [1.165, 1.54) is 12.1 Å². The quantitative estimate of drug-likeness (QED) is 0.737. The van der Waals surface area contributed by atoms with E-state index in [-0.39, 0.29) is 11.3 Å². The predicted octanol–water partition coefficient (Wildman–Crippen LogP) is 2.92. The number of anilines is 1. The first-order valence-corrected chi connectivity index (χ1v) is 6.63. The van der Waals surface area contributed by atoms with Crippen molar-refractivity contribution in [3.63, 3.8) is 0 Å². The Labute approximate surface area is 112 Å². The van der Waals surface area contributed by atoms with Gasteiger partial charge in [0.2, 0.25) is 0 Å². The van der Waals surface area contributed by atoms with Gasteiger partial charge in [0.1, 0.15) is 5.75 Å². The number of benzene rings is 1. The Morgan fingerprint density at radius 1 is 1.37 bits per heavy atom. The topological polar surface area (TPSA) is 44.3 Å². The molecule has 19 heavy (non-hydrogen) atoms. The fourth-order valence-corrected chi connectivity index (χ4v) is 2.29. The zero-order valence-electron chi connectivity index (χ0n) is 11.0. The van der Waals surface area contributed by atoms with Crippen LogP contribution in [0.3, 0.4) is 0 Å². The molecule has 1 aliphatic heterocycles. The van der Waals surface area contributed by atoms with Gasteiger partial charge in [-0.3, -0.25) is 0 Å². The number of hydrogen-bond acceptors (Lipinski definition) is 3. The van der Waals surface area contributed by atoms with Crippen molar-refractivity contribution in [1.82, 2.24) is 5.32 Å². The Morgan fingerprint density at radius 2 is 2.05 bits per heavy atom. The van der Waals surface area contributed by atoms with Crippen molar-refractivity contribution in [2.45, 2.75) is 25.7 Å². The number of hydrogen-bond donors (Lipinski definition) is 3. The fourth-order valence-electron chi connectivity index (χ4n) is 2.29. The Hall–Kier alpha value is -1.36. The van der Waals surface area contributed by atoms with Crippen LogP contribution in [0.2, 0.25) is 0 Å². The molecule has 2 rings (SSSR count). The van der Waals surface area contributed by atoms with E-state index < -0.39 is 5.92 Å². The second kappa shape index (κ2) is 5.74. The third-order valence-corrected chi connectivity index (χ3v) is 3.54. The molecular formula is C14H20F2N2O. The molecule has 0 aromatic heterocycles. The Morgan fingerprint density at radius 3 is 2.63 bits per heavy atom. The maximum Gasteiger partial charge on any atom is 0.270 e. The number of phenols is 1. The molecule has 5 heteroatoms. The second-order valence-corrected chi connectivity index (χ2v) is 5.19. The highest BCUT2D eigenvalue weighted by Crippen LogP contribution is 2.33. The largest absolute Gasteiger partial charge is 0.506 e. The smallest absolute Gasteiger partial charge is 0.270 e. The van der Waals surface area contributed by atoms with Gasteiger partial charge in [-0.2, -0.15) is 0 Å². The van der Waals surface area contributed by atoms with E-state index in [1.807, 2.05) is 0 Å². The van der Waals surface area contributed by atoms with E-state index in [2.05, 4.69) is 10.6 Å². The summed E-state index contributed by atoms with van der Waals surface area (Å²) in [6, 6.07) is 4.00. The molecule has 1 aliphatic rings. The second-order valence-electron chi connectivity index (χ2n) is 5.19. The molecule has 1 heterocycles. The monoisotopic (exact) mass is 270 g/mol. The van der Waals surface area contributed by atoms with Crippen molar-refractivity contribution in [3.8, 4) is 5.75 Å². The molecule has 1 aromatic rings. The Bertz CT molecular complexity index is 426. The summed E-state index contributed by atoms with van der Waals surface area (Å²) in [5.74, 6) is -2.48. The van der Waals surface area contributed by atoms with Crippen LogP contribution in [-0.4, -0.2) is 24.7 Å². The molecule has 0 radical (unpaired) electrons. The molecule has 0 amide bonds. The zero-order valence-corrected chi connectivity index (χ0v) is 11.0. The number of rotatable bonds is 4. The van der Waals surface area contributed by atoms with Crippen LogP contribution in [-0.2, 0) is 5.92 Å². The van der Waals surface area contributed by atoms with Gasteiger partial charge in [0.25, 0.3) is 5.92 Å². The van der Waals surface area contributed by atoms with Crippen LogP contribution < -0.4 is 10.6 Å². The minimum atomic E-state index is -2.93. The van der Waals surface area contributed by atoms with E-state index in [4.69, 9.17) is 0 Å². The third kappa shape index (κ3) is 3.80. The van der Waals surface area contributed by atoms with Crippen molar-refractivity contribution in [1.29, 1.82) is 0 Å². The lowest BCUT2D eigenvalue weighted by Gasteiger charge is -2.23. The van der Waals surface area contributed by atoms with Crippen molar-refractivity contribution >= 4 is 5.69 Å². The molecule has 0 saturated carbocycles. The first kappa shape index (κ1) is 14.1. The number of phenolic OH excluding ortho intramolecular Hbond substituents is 1. The molecule has 3 nitrogen and oxygen atoms in total. The van der Waals surface area contributed by atoms with Gasteiger partial charge < -0.3 is 15.7 Å². The van der Waals surface area contributed by atoms with E-state index >= 15 is 0 Å². The highest BCUT2D eigenvalue weighted by atomic mass is 19.3. The minimum absolute atomic E-state index is 0.118. The molecular weight excluding hydrogens is 250 g/mol. The van der Waals surface area contributed by atoms with Gasteiger partial charge in [-0.15, -0.1) is 0 Å². The maximum atomic E-state index is 13.1. The first-order valence-electron chi connectivity index (χ1n) is 6.63. The lowest BCUT2D eigenvalue weighted by Crippen LogP contribution is -2.31. The number of aromatic hydroxyl groups is 1. The van der Waals surface area contributed by atoms with Crippen LogP contribution in [0, 0.1) is 5.92 Å². The molecule has 1 saturated heterocycles. The van der Waals surface area contributed by atoms with E-state index in [1.54, 1.807) is 0 Å². The van der Waals surface area contributed by atoms with Crippen molar-refractivity contribution in [2.75, 3.05) is 25.0 Å². The summed E-state index contributed by atoms with van der Waals surface area (Å²) in [7, 11) is 0. The van der Waals surface area contributed by atoms with Crippen LogP contribution >= 0.6 is 0 Å². The summed E-state index contributed by atoms with van der Waals surface area (Å²) >= 11 is 0. The Balaban J connectivity index is 1.97. The summed E-state index contributed by atoms with van der Waals surface area (Å²) in [4.78, 5) is 0. The molecule has 0 aliphatic carbocycles. The summed E-state index contributed by atoms with van der Waals surface area (Å²) in [5, 5.41) is 16.2. The Kier molecular flexibility index (Phi) is 4.24. The van der Waals surface area contributed by atoms with E-state index in [0.717, 1.165) is 45.5 Å². The third-order valence-electron chi connectivity index (χ3n) is 3.54. The standard InChI is InChI=1S/C14H20F2N2O/c1-14(15,16)11-2-3-12(13(19)8-11)18-9-10-4-6-17-7-5-10/h2-3,8,10,17-19H,4-7,9H2,1H3. The van der Waals surface area contributed by atoms with Gasteiger partial charge in [0.05, 0.1) is 5.69 Å². The summed E-state index contributed by atoms with van der Waals surface area (Å²) in [6.07, 6.45) is 2.19. The van der Waals surface area contributed by atoms with Crippen LogP contribution in [0.15, 0.2) is 18.2 Å². The van der Waals surface area contributed by atoms with Crippen LogP contribution in [0.1, 0.15) is 25.3 Å². The zero-order chi connectivity index (χ0) is 13.9. The molecule has 1 fully saturated rings. The number of piperidine rings is 1. The summed E-state index contributed by atoms with van der Waals surface area (Å²) in [6.45, 7) is 3.61. The van der Waals surface area contributed by atoms with Gasteiger partial charge in [0.15, 0.2) is 0 Å². The SMILES string of the molecule is CC(F)(F)c1ccc(NCC2CCNCC2)c(O)c1. The molecule has 0 spiro atoms. The minimum Gasteiger partial charge on any atom is -0.506 e. The van der Waals surface area contributed by atoms with Crippen LogP contribution in [0.25, 0.3) is 0 Å². The molecule has 106 valence electrons. The van der Waals surface area contributed by atoms with Crippen LogP contribution in [0.5, 0.6) is 5.75 Å². The van der Waals surface area contributed by atoms with Gasteiger partial charge in [-0.25, -0.2) is 8.78 Å². The average Bonchev–Trinajstić information content (AvgIpc) is 2.37. The van der Waals surface area contributed by atoms with E-state index in [0.29, 0.717) is 11.6 Å². The summed E-state index contributed by atoms with van der Waals surface area (Å²) in [5.41, 5.74) is 0.351. The van der Waals surface area contributed by atoms with Crippen LogP contribution in [0.4, 0.5) is 14.5 Å². The van der Waals surface area contributed by atoms with E-state index in [9.17, 15) is 13.9 Å². The first-order chi connectivity index (χ1) is 8.97. The van der Waals surface area contributed by atoms with Gasteiger partial charge in [-0.1, -0.05) is 6.07 Å². The van der Waals surface area contributed by atoms with Crippen molar-refractivity contribution in [2.24, 2.45) is 5.92 Å². The summed E-state index contributed by atoms with van der Waals surface area (Å²) < 4.78 is 26.2. The lowest BCUT2D eigenvalue weighted by molar-refractivity contribution is 0.0173. The number of halogens is 2. The predicted molar refractivity (Wildman–Crippen MR) is 71.8 cm³/mol. The van der Waals surface area contributed by atoms with Gasteiger partial charge in [0, 0.05) is 19.0 Å². The highest BCUT2D eigenvalue weighted by Gasteiger charge is 2.25. The normalized spacial score (nSPS) is 17.4. The molecule has 0 atom stereocenters. The molecule has 0 unspecified atom stereocenters. The average molecular weight is 270 g/mol. The molecule has 0 bridgehead atoms. The maximum absolute atomic E-state index is 13.1. The van der Waals surface area contributed by atoms with Crippen molar-refractivity contribution < 1.29 is 13.9 Å². The number of alkyl halides is 2. The lowest BCUT2D eigenvalue weighted by atomic mass is 9.98. The van der Waals surface area contributed by atoms with Gasteiger partial charge in [-0.05, 0) is 44.0 Å². The number of nitrogens with one attached hydrogen (secondary N) is 2. The van der Waals surface area contributed by atoms with Crippen molar-refractivity contribution in [3.05, 3.63) is 23.8 Å². The highest BCUT2D eigenvalue weighted by molar-refractivity contribution is 5.57. The molecule has 3 N–H and O–H groups in total. The molecule has 1 aromatic carbocycles. The fraction of sp³-hybridized carbons (Fsp3) is 0.571.